The third-order valence-corrected chi connectivity index (χ3v) is 1.87. The first-order valence-corrected chi connectivity index (χ1v) is 4.82. The van der Waals surface area contributed by atoms with Crippen molar-refractivity contribution in [3.8, 4) is 5.69 Å². The number of carbonyl (C=O) groups excluding carboxylic acids is 1. The lowest BCUT2D eigenvalue weighted by Crippen LogP contribution is -2.24. The third kappa shape index (κ3) is 2.88. The van der Waals surface area contributed by atoms with Crippen LogP contribution < -0.4 is 11.2 Å². The van der Waals surface area contributed by atoms with Crippen LogP contribution in [0.5, 0.6) is 0 Å². The number of hydrazone groups is 1. The largest absolute Gasteiger partial charge is 0.350 e. The fraction of sp³-hybridized carbons (Fsp3) is 0. The van der Waals surface area contributed by atoms with Crippen molar-refractivity contribution < 1.29 is 4.79 Å². The van der Waals surface area contributed by atoms with Crippen molar-refractivity contribution in [3.63, 3.8) is 0 Å². The Morgan fingerprint density at radius 1 is 1.41 bits per heavy atom. The Balaban J connectivity index is 2.11. The van der Waals surface area contributed by atoms with E-state index >= 15 is 0 Å². The number of aromatic nitrogens is 3. The molecule has 7 heteroatoms. The maximum absolute atomic E-state index is 10.4. The van der Waals surface area contributed by atoms with Gasteiger partial charge in [-0.15, -0.1) is 5.10 Å². The van der Waals surface area contributed by atoms with Crippen LogP contribution in [-0.4, -0.2) is 27.2 Å². The molecule has 0 spiro atoms. The van der Waals surface area contributed by atoms with Gasteiger partial charge in [0.25, 0.3) is 0 Å². The second-order valence-corrected chi connectivity index (χ2v) is 3.13. The summed E-state index contributed by atoms with van der Waals surface area (Å²) in [7, 11) is 0. The van der Waals surface area contributed by atoms with Gasteiger partial charge < -0.3 is 5.73 Å². The summed E-state index contributed by atoms with van der Waals surface area (Å²) in [6.45, 7) is 0. The van der Waals surface area contributed by atoms with E-state index in [0.717, 1.165) is 5.69 Å². The van der Waals surface area contributed by atoms with Gasteiger partial charge in [0.2, 0.25) is 0 Å². The Hall–Kier alpha value is -2.70. The molecular weight excluding hydrogens is 220 g/mol. The smallest absolute Gasteiger partial charge is 0.332 e. The van der Waals surface area contributed by atoms with Gasteiger partial charge in [0, 0.05) is 0 Å². The minimum atomic E-state index is -0.725. The predicted octanol–water partition coefficient (Wildman–Crippen LogP) is 0.269. The molecule has 3 N–H and O–H groups in total. The Bertz CT molecular complexity index is 533. The molecule has 2 aromatic rings. The number of nitrogens with one attached hydrogen (secondary N) is 1. The molecule has 0 unspecified atom stereocenters. The summed E-state index contributed by atoms with van der Waals surface area (Å²) in [6, 6.07) is 8.72. The number of nitrogens with zero attached hydrogens (tertiary/aromatic N) is 4. The van der Waals surface area contributed by atoms with E-state index in [1.807, 2.05) is 30.3 Å². The van der Waals surface area contributed by atoms with Crippen LogP contribution in [0.1, 0.15) is 5.69 Å². The molecule has 0 saturated heterocycles. The molecule has 2 rings (SSSR count). The van der Waals surface area contributed by atoms with Crippen molar-refractivity contribution in [2.45, 2.75) is 0 Å². The molecule has 0 aliphatic carbocycles. The fourth-order valence-electron chi connectivity index (χ4n) is 1.18. The van der Waals surface area contributed by atoms with Crippen molar-refractivity contribution in [2.75, 3.05) is 0 Å². The lowest BCUT2D eigenvalue weighted by atomic mass is 10.3. The highest BCUT2D eigenvalue weighted by Crippen LogP contribution is 2.02. The van der Waals surface area contributed by atoms with Crippen LogP contribution in [0.4, 0.5) is 4.79 Å². The van der Waals surface area contributed by atoms with Crippen LogP contribution in [0.15, 0.2) is 41.6 Å². The van der Waals surface area contributed by atoms with Crippen molar-refractivity contribution in [3.05, 3.63) is 42.2 Å². The van der Waals surface area contributed by atoms with Crippen LogP contribution >= 0.6 is 0 Å². The Morgan fingerprint density at radius 2 is 2.18 bits per heavy atom. The first-order chi connectivity index (χ1) is 8.25. The number of rotatable bonds is 3. The van der Waals surface area contributed by atoms with Gasteiger partial charge in [0.05, 0.1) is 18.1 Å². The number of para-hydroxylation sites is 1. The molecular formula is C10H10N6O. The average molecular weight is 230 g/mol. The van der Waals surface area contributed by atoms with Gasteiger partial charge in [-0.25, -0.2) is 10.2 Å². The van der Waals surface area contributed by atoms with Crippen molar-refractivity contribution >= 4 is 12.2 Å². The van der Waals surface area contributed by atoms with Gasteiger partial charge in [-0.3, -0.25) is 0 Å². The zero-order chi connectivity index (χ0) is 12.1. The zero-order valence-corrected chi connectivity index (χ0v) is 8.82. The molecule has 0 aliphatic heterocycles. The summed E-state index contributed by atoms with van der Waals surface area (Å²) in [4.78, 5) is 11.8. The molecule has 0 atom stereocenters. The Labute approximate surface area is 96.9 Å². The highest BCUT2D eigenvalue weighted by Gasteiger charge is 1.99. The monoisotopic (exact) mass is 230 g/mol. The summed E-state index contributed by atoms with van der Waals surface area (Å²) < 4.78 is 0. The van der Waals surface area contributed by atoms with E-state index in [-0.39, 0.29) is 0 Å². The second kappa shape index (κ2) is 4.88. The van der Waals surface area contributed by atoms with Gasteiger partial charge >= 0.3 is 6.03 Å². The van der Waals surface area contributed by atoms with E-state index in [0.29, 0.717) is 5.69 Å². The topological polar surface area (TPSA) is 98.2 Å². The van der Waals surface area contributed by atoms with E-state index in [9.17, 15) is 4.79 Å². The van der Waals surface area contributed by atoms with Gasteiger partial charge in [-0.1, -0.05) is 18.2 Å². The normalized spacial score (nSPS) is 10.6. The molecule has 17 heavy (non-hydrogen) atoms. The molecule has 0 aliphatic rings. The molecule has 1 aromatic heterocycles. The van der Waals surface area contributed by atoms with E-state index < -0.39 is 6.03 Å². The van der Waals surface area contributed by atoms with E-state index in [2.05, 4.69) is 20.7 Å². The summed E-state index contributed by atoms with van der Waals surface area (Å²) in [5.41, 5.74) is 8.28. The molecule has 1 aromatic carbocycles. The predicted molar refractivity (Wildman–Crippen MR) is 61.7 cm³/mol. The lowest BCUT2D eigenvalue weighted by molar-refractivity contribution is 0.249. The highest BCUT2D eigenvalue weighted by molar-refractivity contribution is 5.78. The van der Waals surface area contributed by atoms with E-state index in [1.54, 1.807) is 0 Å². The van der Waals surface area contributed by atoms with Gasteiger partial charge in [0.15, 0.2) is 0 Å². The van der Waals surface area contributed by atoms with Crippen LogP contribution in [0.25, 0.3) is 5.69 Å². The van der Waals surface area contributed by atoms with Crippen molar-refractivity contribution in [1.29, 1.82) is 0 Å². The van der Waals surface area contributed by atoms with Crippen molar-refractivity contribution in [1.82, 2.24) is 20.4 Å². The maximum Gasteiger partial charge on any atom is 0.332 e. The Kier molecular flexibility index (Phi) is 3.10. The maximum atomic E-state index is 10.4. The molecule has 0 saturated carbocycles. The quantitative estimate of drug-likeness (QED) is 0.584. The zero-order valence-electron chi connectivity index (χ0n) is 8.82. The molecule has 0 bridgehead atoms. The molecule has 0 radical (unpaired) electrons. The molecule has 2 amide bonds. The molecule has 1 heterocycles. The summed E-state index contributed by atoms with van der Waals surface area (Å²) in [5.74, 6) is 0. The SMILES string of the molecule is NC(=O)NN=Cc1cnn(-c2ccccc2)n1. The summed E-state index contributed by atoms with van der Waals surface area (Å²) in [5, 5.41) is 11.8. The number of amides is 2. The fourth-order valence-corrected chi connectivity index (χ4v) is 1.18. The number of nitrogens with two attached hydrogens (primary N) is 1. The van der Waals surface area contributed by atoms with Gasteiger partial charge in [0.1, 0.15) is 5.69 Å². The molecule has 7 nitrogen and oxygen atoms in total. The first-order valence-electron chi connectivity index (χ1n) is 4.82. The van der Waals surface area contributed by atoms with Gasteiger partial charge in [-0.2, -0.15) is 15.0 Å². The van der Waals surface area contributed by atoms with E-state index in [4.69, 9.17) is 5.73 Å². The Morgan fingerprint density at radius 3 is 2.88 bits per heavy atom. The summed E-state index contributed by atoms with van der Waals surface area (Å²) >= 11 is 0. The number of primary amides is 1. The van der Waals surface area contributed by atoms with Gasteiger partial charge in [-0.05, 0) is 12.1 Å². The number of urea groups is 1. The number of hydrogen-bond acceptors (Lipinski definition) is 4. The minimum absolute atomic E-state index is 0.516. The van der Waals surface area contributed by atoms with E-state index in [1.165, 1.54) is 17.2 Å². The summed E-state index contributed by atoms with van der Waals surface area (Å²) in [6.07, 6.45) is 2.89. The van der Waals surface area contributed by atoms with Crippen LogP contribution in [0, 0.1) is 0 Å². The van der Waals surface area contributed by atoms with Crippen LogP contribution in [-0.2, 0) is 0 Å². The number of carbonyl (C=O) groups is 1. The molecule has 0 fully saturated rings. The minimum Gasteiger partial charge on any atom is -0.350 e. The third-order valence-electron chi connectivity index (χ3n) is 1.87. The molecule has 86 valence electrons. The van der Waals surface area contributed by atoms with Crippen LogP contribution in [0.3, 0.4) is 0 Å². The lowest BCUT2D eigenvalue weighted by Gasteiger charge is -1.96. The van der Waals surface area contributed by atoms with Crippen molar-refractivity contribution in [2.24, 2.45) is 10.8 Å². The highest BCUT2D eigenvalue weighted by atomic mass is 16.2. The number of benzene rings is 1. The van der Waals surface area contributed by atoms with Crippen LogP contribution in [0.2, 0.25) is 0 Å². The number of hydrogen-bond donors (Lipinski definition) is 2. The second-order valence-electron chi connectivity index (χ2n) is 3.13. The first kappa shape index (κ1) is 10.8. The standard InChI is InChI=1S/C10H10N6O/c11-10(17)14-12-6-8-7-13-16(15-8)9-4-2-1-3-5-9/h1-7H,(H3,11,14,17). The average Bonchev–Trinajstić information content (AvgIpc) is 2.78.